The largest absolute Gasteiger partial charge is 0.283 e. The normalized spacial score (nSPS) is 10.8. The van der Waals surface area contributed by atoms with Gasteiger partial charge in [-0.2, -0.15) is 5.10 Å². The fourth-order valence-corrected chi connectivity index (χ4v) is 3.50. The van der Waals surface area contributed by atoms with Gasteiger partial charge < -0.3 is 0 Å². The minimum Gasteiger partial charge on any atom is -0.273 e. The summed E-state index contributed by atoms with van der Waals surface area (Å²) >= 11 is 7.15. The summed E-state index contributed by atoms with van der Waals surface area (Å²) in [7, 11) is 0. The summed E-state index contributed by atoms with van der Waals surface area (Å²) in [6.07, 6.45) is 1.58. The Morgan fingerprint density at radius 2 is 1.83 bits per heavy atom. The molecule has 29 heavy (non-hydrogen) atoms. The smallest absolute Gasteiger partial charge is 0.273 e. The van der Waals surface area contributed by atoms with Gasteiger partial charge in [0.15, 0.2) is 0 Å². The second-order valence-electron chi connectivity index (χ2n) is 6.00. The van der Waals surface area contributed by atoms with Crippen LogP contribution in [-0.2, 0) is 11.2 Å². The van der Waals surface area contributed by atoms with Crippen LogP contribution in [0.2, 0.25) is 5.02 Å². The van der Waals surface area contributed by atoms with Gasteiger partial charge in [0.05, 0.1) is 22.5 Å². The Bertz CT molecular complexity index is 1040. The third-order valence-electron chi connectivity index (χ3n) is 3.83. The van der Waals surface area contributed by atoms with Crippen molar-refractivity contribution in [2.45, 2.75) is 16.2 Å². The quantitative estimate of drug-likeness (QED) is 0.324. The van der Waals surface area contributed by atoms with Gasteiger partial charge in [0, 0.05) is 21.5 Å². The van der Waals surface area contributed by atoms with Gasteiger partial charge in [-0.25, -0.2) is 5.43 Å². The van der Waals surface area contributed by atoms with Gasteiger partial charge in [-0.3, -0.25) is 14.9 Å². The van der Waals surface area contributed by atoms with Crippen LogP contribution in [0, 0.1) is 10.1 Å². The van der Waals surface area contributed by atoms with Crippen molar-refractivity contribution >= 4 is 41.2 Å². The van der Waals surface area contributed by atoms with Crippen molar-refractivity contribution in [2.75, 3.05) is 0 Å². The van der Waals surface area contributed by atoms with Gasteiger partial charge in [0.1, 0.15) is 0 Å². The van der Waals surface area contributed by atoms with Gasteiger partial charge in [0.2, 0.25) is 5.91 Å². The number of halogens is 1. The molecule has 0 bridgehead atoms. The molecular formula is C21H16ClN3O3S. The number of nitro benzene ring substituents is 1. The molecule has 0 aliphatic heterocycles. The summed E-state index contributed by atoms with van der Waals surface area (Å²) in [6.45, 7) is 0. The van der Waals surface area contributed by atoms with Crippen LogP contribution in [0.5, 0.6) is 0 Å². The van der Waals surface area contributed by atoms with E-state index in [1.165, 1.54) is 24.0 Å². The number of benzene rings is 3. The molecule has 0 fully saturated rings. The lowest BCUT2D eigenvalue weighted by molar-refractivity contribution is -0.387. The molecule has 0 saturated heterocycles. The maximum absolute atomic E-state index is 11.9. The first-order valence-electron chi connectivity index (χ1n) is 8.59. The lowest BCUT2D eigenvalue weighted by atomic mass is 10.1. The Hall–Kier alpha value is -3.16. The molecule has 0 atom stereocenters. The summed E-state index contributed by atoms with van der Waals surface area (Å²) in [6, 6.07) is 21.1. The predicted molar refractivity (Wildman–Crippen MR) is 115 cm³/mol. The van der Waals surface area contributed by atoms with Crippen molar-refractivity contribution in [3.05, 3.63) is 99.1 Å². The number of hydrogen-bond acceptors (Lipinski definition) is 5. The average Bonchev–Trinajstić information content (AvgIpc) is 2.71. The first-order valence-corrected chi connectivity index (χ1v) is 9.78. The van der Waals surface area contributed by atoms with Gasteiger partial charge in [0.25, 0.3) is 5.69 Å². The Morgan fingerprint density at radius 3 is 2.52 bits per heavy atom. The predicted octanol–water partition coefficient (Wildman–Crippen LogP) is 5.09. The average molecular weight is 426 g/mol. The fourth-order valence-electron chi connectivity index (χ4n) is 2.47. The molecule has 146 valence electrons. The topological polar surface area (TPSA) is 84.6 Å². The summed E-state index contributed by atoms with van der Waals surface area (Å²) in [5.41, 5.74) is 3.78. The summed E-state index contributed by atoms with van der Waals surface area (Å²) < 4.78 is 0. The van der Waals surface area contributed by atoms with Gasteiger partial charge in [-0.15, -0.1) is 0 Å². The number of nitrogens with zero attached hydrogens (tertiary/aromatic N) is 2. The Morgan fingerprint density at radius 1 is 1.10 bits per heavy atom. The number of nitro groups is 1. The zero-order valence-electron chi connectivity index (χ0n) is 15.1. The number of hydrazone groups is 1. The lowest BCUT2D eigenvalue weighted by Crippen LogP contribution is -2.19. The molecule has 0 radical (unpaired) electrons. The second-order valence-corrected chi connectivity index (χ2v) is 7.55. The van der Waals surface area contributed by atoms with Crippen molar-refractivity contribution in [1.82, 2.24) is 5.43 Å². The number of carbonyl (C=O) groups is 1. The van der Waals surface area contributed by atoms with Crippen LogP contribution in [0.1, 0.15) is 11.1 Å². The van der Waals surface area contributed by atoms with Crippen molar-refractivity contribution in [3.8, 4) is 0 Å². The first kappa shape index (κ1) is 20.6. The van der Waals surface area contributed by atoms with Crippen LogP contribution in [0.4, 0.5) is 5.69 Å². The number of rotatable bonds is 7. The molecule has 0 unspecified atom stereocenters. The Labute approximate surface area is 176 Å². The van der Waals surface area contributed by atoms with Crippen LogP contribution in [0.15, 0.2) is 87.7 Å². The zero-order valence-corrected chi connectivity index (χ0v) is 16.7. The SMILES string of the molecule is O=C(Cc1ccccc1)NN=Cc1ccc(Sc2ccc(Cl)cc2)c([N+](=O)[O-])c1. The van der Waals surface area contributed by atoms with Crippen molar-refractivity contribution in [2.24, 2.45) is 5.10 Å². The lowest BCUT2D eigenvalue weighted by Gasteiger charge is -2.04. The molecular weight excluding hydrogens is 410 g/mol. The van der Waals surface area contributed by atoms with Crippen LogP contribution >= 0.6 is 23.4 Å². The van der Waals surface area contributed by atoms with Gasteiger partial charge in [-0.05, 0) is 35.9 Å². The Kier molecular flexibility index (Phi) is 6.99. The van der Waals surface area contributed by atoms with E-state index in [9.17, 15) is 14.9 Å². The van der Waals surface area contributed by atoms with E-state index in [1.807, 2.05) is 30.3 Å². The van der Waals surface area contributed by atoms with E-state index in [2.05, 4.69) is 10.5 Å². The summed E-state index contributed by atoms with van der Waals surface area (Å²) in [5, 5.41) is 16.0. The molecule has 0 aliphatic carbocycles. The van der Waals surface area contributed by atoms with E-state index in [0.29, 0.717) is 15.5 Å². The monoisotopic (exact) mass is 425 g/mol. The minimum absolute atomic E-state index is 0.0375. The van der Waals surface area contributed by atoms with Gasteiger partial charge >= 0.3 is 0 Å². The molecule has 3 rings (SSSR count). The van der Waals surface area contributed by atoms with E-state index < -0.39 is 4.92 Å². The maximum atomic E-state index is 11.9. The van der Waals surface area contributed by atoms with Crippen molar-refractivity contribution in [3.63, 3.8) is 0 Å². The highest BCUT2D eigenvalue weighted by Gasteiger charge is 2.15. The van der Waals surface area contributed by atoms with Gasteiger partial charge in [-0.1, -0.05) is 59.8 Å². The number of hydrogen-bond donors (Lipinski definition) is 1. The van der Waals surface area contributed by atoms with Crippen LogP contribution in [0.3, 0.4) is 0 Å². The number of amides is 1. The molecule has 1 N–H and O–H groups in total. The van der Waals surface area contributed by atoms with E-state index in [1.54, 1.807) is 36.4 Å². The fraction of sp³-hybridized carbons (Fsp3) is 0.0476. The zero-order chi connectivity index (χ0) is 20.6. The Balaban J connectivity index is 1.67. The van der Waals surface area contributed by atoms with Crippen molar-refractivity contribution in [1.29, 1.82) is 0 Å². The standard InChI is InChI=1S/C21H16ClN3O3S/c22-17-7-9-18(10-8-17)29-20-11-6-16(12-19(20)25(27)28)14-23-24-21(26)13-15-4-2-1-3-5-15/h1-12,14H,13H2,(H,24,26). The minimum atomic E-state index is -0.441. The molecule has 8 heteroatoms. The third kappa shape index (κ3) is 6.17. The summed E-state index contributed by atoms with van der Waals surface area (Å²) in [5.74, 6) is -0.267. The molecule has 0 aromatic heterocycles. The molecule has 0 heterocycles. The number of nitrogens with one attached hydrogen (secondary N) is 1. The van der Waals surface area contributed by atoms with Crippen LogP contribution in [-0.4, -0.2) is 17.0 Å². The molecule has 3 aromatic carbocycles. The molecule has 0 aliphatic rings. The van der Waals surface area contributed by atoms with Crippen LogP contribution in [0.25, 0.3) is 0 Å². The highest BCUT2D eigenvalue weighted by molar-refractivity contribution is 7.99. The molecule has 6 nitrogen and oxygen atoms in total. The highest BCUT2D eigenvalue weighted by Crippen LogP contribution is 2.35. The first-order chi connectivity index (χ1) is 14.0. The highest BCUT2D eigenvalue weighted by atomic mass is 35.5. The molecule has 1 amide bonds. The van der Waals surface area contributed by atoms with E-state index in [0.717, 1.165) is 10.5 Å². The van der Waals surface area contributed by atoms with E-state index in [-0.39, 0.29) is 18.0 Å². The van der Waals surface area contributed by atoms with E-state index in [4.69, 9.17) is 11.6 Å². The third-order valence-corrected chi connectivity index (χ3v) is 5.16. The summed E-state index contributed by atoms with van der Waals surface area (Å²) in [4.78, 5) is 24.3. The van der Waals surface area contributed by atoms with E-state index >= 15 is 0 Å². The molecule has 0 saturated carbocycles. The second kappa shape index (κ2) is 9.86. The van der Waals surface area contributed by atoms with Crippen molar-refractivity contribution < 1.29 is 9.72 Å². The maximum Gasteiger partial charge on any atom is 0.283 e. The molecule has 0 spiro atoms. The van der Waals surface area contributed by atoms with Crippen LogP contribution < -0.4 is 5.43 Å². The number of carbonyl (C=O) groups excluding carboxylic acids is 1. The molecule has 3 aromatic rings.